The number of hydrogen-bond acceptors (Lipinski definition) is 2. The molecular weight excluding hydrogens is 365 g/mol. The number of halogens is 1. The monoisotopic (exact) mass is 383 g/mol. The van der Waals surface area contributed by atoms with Gasteiger partial charge < -0.3 is 5.73 Å². The first-order valence-electron chi connectivity index (χ1n) is 6.84. The van der Waals surface area contributed by atoms with Gasteiger partial charge in [-0.15, -0.1) is 11.3 Å². The van der Waals surface area contributed by atoms with E-state index in [1.165, 1.54) is 39.7 Å². The molecule has 1 heterocycles. The maximum absolute atomic E-state index is 6.39. The van der Waals surface area contributed by atoms with E-state index in [0.29, 0.717) is 0 Å². The van der Waals surface area contributed by atoms with Gasteiger partial charge >= 0.3 is 0 Å². The SMILES string of the molecule is NC(Cc1ccc(I)cc1)c1cc2c(s1)CCCC2. The van der Waals surface area contributed by atoms with Crippen LogP contribution in [0.5, 0.6) is 0 Å². The summed E-state index contributed by atoms with van der Waals surface area (Å²) in [4.78, 5) is 2.95. The van der Waals surface area contributed by atoms with Gasteiger partial charge in [0.15, 0.2) is 0 Å². The second-order valence-electron chi connectivity index (χ2n) is 5.24. The topological polar surface area (TPSA) is 26.0 Å². The van der Waals surface area contributed by atoms with Crippen molar-refractivity contribution in [2.45, 2.75) is 38.1 Å². The fraction of sp³-hybridized carbons (Fsp3) is 0.375. The van der Waals surface area contributed by atoms with Crippen LogP contribution < -0.4 is 5.73 Å². The summed E-state index contributed by atoms with van der Waals surface area (Å²) in [6, 6.07) is 11.2. The Bertz CT molecular complexity index is 535. The van der Waals surface area contributed by atoms with Crippen LogP contribution in [-0.2, 0) is 19.3 Å². The molecule has 0 saturated carbocycles. The van der Waals surface area contributed by atoms with Gasteiger partial charge in [-0.3, -0.25) is 0 Å². The van der Waals surface area contributed by atoms with Gasteiger partial charge in [0, 0.05) is 19.4 Å². The molecule has 100 valence electrons. The zero-order valence-electron chi connectivity index (χ0n) is 10.9. The Morgan fingerprint density at radius 2 is 1.89 bits per heavy atom. The van der Waals surface area contributed by atoms with E-state index in [1.807, 2.05) is 11.3 Å². The fourth-order valence-electron chi connectivity index (χ4n) is 2.67. The second-order valence-corrected chi connectivity index (χ2v) is 7.66. The normalized spacial score (nSPS) is 16.1. The average Bonchev–Trinajstić information content (AvgIpc) is 2.85. The zero-order valence-corrected chi connectivity index (χ0v) is 13.8. The van der Waals surface area contributed by atoms with E-state index < -0.39 is 0 Å². The Labute approximate surface area is 132 Å². The molecule has 1 aromatic heterocycles. The predicted molar refractivity (Wildman–Crippen MR) is 90.8 cm³/mol. The molecule has 0 aliphatic heterocycles. The van der Waals surface area contributed by atoms with Crippen LogP contribution in [0.1, 0.15) is 39.8 Å². The highest BCUT2D eigenvalue weighted by Gasteiger charge is 2.17. The van der Waals surface area contributed by atoms with E-state index in [4.69, 9.17) is 5.73 Å². The molecule has 3 rings (SSSR count). The Morgan fingerprint density at radius 3 is 2.63 bits per heavy atom. The molecular formula is C16H18INS. The van der Waals surface area contributed by atoms with Crippen molar-refractivity contribution in [1.29, 1.82) is 0 Å². The van der Waals surface area contributed by atoms with Crippen molar-refractivity contribution in [3.05, 3.63) is 54.8 Å². The zero-order chi connectivity index (χ0) is 13.2. The minimum atomic E-state index is 0.149. The molecule has 0 radical (unpaired) electrons. The van der Waals surface area contributed by atoms with Gasteiger partial charge in [0.1, 0.15) is 0 Å². The van der Waals surface area contributed by atoms with Crippen LogP contribution in [0.2, 0.25) is 0 Å². The Hall–Kier alpha value is -0.390. The van der Waals surface area contributed by atoms with Crippen LogP contribution in [0.15, 0.2) is 30.3 Å². The van der Waals surface area contributed by atoms with Crippen LogP contribution in [-0.4, -0.2) is 0 Å². The quantitative estimate of drug-likeness (QED) is 0.778. The highest BCUT2D eigenvalue weighted by atomic mass is 127. The lowest BCUT2D eigenvalue weighted by molar-refractivity contribution is 0.695. The first-order valence-corrected chi connectivity index (χ1v) is 8.73. The second kappa shape index (κ2) is 5.94. The molecule has 1 aliphatic rings. The Morgan fingerprint density at radius 1 is 1.16 bits per heavy atom. The predicted octanol–water partition coefficient (Wildman–Crippen LogP) is 4.47. The van der Waals surface area contributed by atoms with Crippen molar-refractivity contribution < 1.29 is 0 Å². The minimum absolute atomic E-state index is 0.149. The van der Waals surface area contributed by atoms with E-state index in [2.05, 4.69) is 52.9 Å². The summed E-state index contributed by atoms with van der Waals surface area (Å²) in [7, 11) is 0. The molecule has 0 fully saturated rings. The molecule has 19 heavy (non-hydrogen) atoms. The Kier molecular flexibility index (Phi) is 4.24. The van der Waals surface area contributed by atoms with Gasteiger partial charge in [0.25, 0.3) is 0 Å². The summed E-state index contributed by atoms with van der Waals surface area (Å²) in [5, 5.41) is 0. The minimum Gasteiger partial charge on any atom is -0.323 e. The molecule has 0 spiro atoms. The molecule has 1 nitrogen and oxygen atoms in total. The van der Waals surface area contributed by atoms with Crippen LogP contribution in [0.3, 0.4) is 0 Å². The van der Waals surface area contributed by atoms with Gasteiger partial charge in [0.2, 0.25) is 0 Å². The molecule has 0 saturated heterocycles. The molecule has 1 aliphatic carbocycles. The molecule has 0 bridgehead atoms. The van der Waals surface area contributed by atoms with Gasteiger partial charge in [0.05, 0.1) is 0 Å². The molecule has 1 unspecified atom stereocenters. The molecule has 2 N–H and O–H groups in total. The summed E-state index contributed by atoms with van der Waals surface area (Å²) in [6.45, 7) is 0. The van der Waals surface area contributed by atoms with Gasteiger partial charge in [-0.05, 0) is 84.0 Å². The standard InChI is InChI=1S/C16H18INS/c17-13-7-5-11(6-8-13)9-14(18)16-10-12-3-1-2-4-15(12)19-16/h5-8,10,14H,1-4,9,18H2. The number of nitrogens with two attached hydrogens (primary N) is 1. The molecule has 3 heteroatoms. The largest absolute Gasteiger partial charge is 0.323 e. The summed E-state index contributed by atoms with van der Waals surface area (Å²) >= 11 is 4.28. The van der Waals surface area contributed by atoms with Crippen LogP contribution >= 0.6 is 33.9 Å². The maximum atomic E-state index is 6.39. The third-order valence-electron chi connectivity index (χ3n) is 3.75. The highest BCUT2D eigenvalue weighted by molar-refractivity contribution is 14.1. The average molecular weight is 383 g/mol. The van der Waals surface area contributed by atoms with Gasteiger partial charge in [-0.25, -0.2) is 0 Å². The van der Waals surface area contributed by atoms with Crippen LogP contribution in [0.4, 0.5) is 0 Å². The van der Waals surface area contributed by atoms with Gasteiger partial charge in [-0.2, -0.15) is 0 Å². The van der Waals surface area contributed by atoms with E-state index >= 15 is 0 Å². The lowest BCUT2D eigenvalue weighted by atomic mass is 9.98. The lowest BCUT2D eigenvalue weighted by Gasteiger charge is -2.09. The van der Waals surface area contributed by atoms with E-state index in [1.54, 1.807) is 10.4 Å². The van der Waals surface area contributed by atoms with Crippen molar-refractivity contribution in [1.82, 2.24) is 0 Å². The molecule has 2 aromatic rings. The number of hydrogen-bond donors (Lipinski definition) is 1. The number of thiophene rings is 1. The van der Waals surface area contributed by atoms with Crippen molar-refractivity contribution in [3.63, 3.8) is 0 Å². The summed E-state index contributed by atoms with van der Waals surface area (Å²) in [6.07, 6.45) is 6.14. The fourth-order valence-corrected chi connectivity index (χ4v) is 4.29. The highest BCUT2D eigenvalue weighted by Crippen LogP contribution is 2.33. The van der Waals surface area contributed by atoms with Crippen molar-refractivity contribution in [3.8, 4) is 0 Å². The number of fused-ring (bicyclic) bond motifs is 1. The van der Waals surface area contributed by atoms with Gasteiger partial charge in [-0.1, -0.05) is 12.1 Å². The molecule has 1 atom stereocenters. The number of benzene rings is 1. The maximum Gasteiger partial charge on any atom is 0.0430 e. The van der Waals surface area contributed by atoms with E-state index in [0.717, 1.165) is 6.42 Å². The number of aryl methyl sites for hydroxylation is 2. The van der Waals surface area contributed by atoms with Crippen molar-refractivity contribution in [2.24, 2.45) is 5.73 Å². The molecule has 0 amide bonds. The van der Waals surface area contributed by atoms with Crippen LogP contribution in [0.25, 0.3) is 0 Å². The van der Waals surface area contributed by atoms with Crippen molar-refractivity contribution >= 4 is 33.9 Å². The van der Waals surface area contributed by atoms with Crippen LogP contribution in [0, 0.1) is 3.57 Å². The van der Waals surface area contributed by atoms with E-state index in [-0.39, 0.29) is 6.04 Å². The summed E-state index contributed by atoms with van der Waals surface area (Å²) in [5.74, 6) is 0. The number of rotatable bonds is 3. The molecule has 1 aromatic carbocycles. The third-order valence-corrected chi connectivity index (χ3v) is 5.84. The summed E-state index contributed by atoms with van der Waals surface area (Å²) < 4.78 is 1.28. The smallest absolute Gasteiger partial charge is 0.0430 e. The first-order chi connectivity index (χ1) is 9.22. The lowest BCUT2D eigenvalue weighted by Crippen LogP contribution is -2.11. The first kappa shape index (κ1) is 13.6. The Balaban J connectivity index is 1.74. The third kappa shape index (κ3) is 3.20. The van der Waals surface area contributed by atoms with E-state index in [9.17, 15) is 0 Å². The summed E-state index contributed by atoms with van der Waals surface area (Å²) in [5.41, 5.74) is 9.28. The van der Waals surface area contributed by atoms with Crippen molar-refractivity contribution in [2.75, 3.05) is 0 Å².